The molecule has 2 atom stereocenters. The van der Waals surface area contributed by atoms with Crippen LogP contribution in [0, 0.1) is 6.92 Å². The van der Waals surface area contributed by atoms with Gasteiger partial charge in [0.25, 0.3) is 5.91 Å². The number of carboxylic acids is 1. The first kappa shape index (κ1) is 17.3. The van der Waals surface area contributed by atoms with Gasteiger partial charge in [-0.3, -0.25) is 19.5 Å². The fraction of sp³-hybridized carbons (Fsp3) is 0.389. The second-order valence-corrected chi connectivity index (χ2v) is 6.48. The number of aryl methyl sites for hydroxylation is 1. The molecule has 2 aromatic rings. The molecule has 1 saturated heterocycles. The molecule has 2 N–H and O–H groups in total. The summed E-state index contributed by atoms with van der Waals surface area (Å²) in [5.41, 5.74) is 1.97. The predicted octanol–water partition coefficient (Wildman–Crippen LogP) is 0.745. The van der Waals surface area contributed by atoms with Crippen LogP contribution in [-0.4, -0.2) is 75.7 Å². The molecule has 0 spiro atoms. The number of hydrogen-bond acceptors (Lipinski definition) is 5. The fourth-order valence-electron chi connectivity index (χ4n) is 3.29. The van der Waals surface area contributed by atoms with Gasteiger partial charge >= 0.3 is 5.97 Å². The summed E-state index contributed by atoms with van der Waals surface area (Å²) in [6.45, 7) is 2.15. The molecule has 1 aliphatic rings. The molecule has 1 aliphatic heterocycles. The molecule has 1 aromatic heterocycles. The maximum absolute atomic E-state index is 12.9. The van der Waals surface area contributed by atoms with Crippen LogP contribution in [0.2, 0.25) is 0 Å². The Kier molecular flexibility index (Phi) is 4.69. The van der Waals surface area contributed by atoms with E-state index < -0.39 is 18.1 Å². The van der Waals surface area contributed by atoms with E-state index in [-0.39, 0.29) is 25.5 Å². The number of nitrogens with zero attached hydrogens (tertiary/aromatic N) is 3. The molecular formula is C18H21N3O4. The molecule has 7 nitrogen and oxygen atoms in total. The van der Waals surface area contributed by atoms with E-state index in [1.807, 2.05) is 31.2 Å². The van der Waals surface area contributed by atoms with Gasteiger partial charge in [-0.25, -0.2) is 0 Å². The van der Waals surface area contributed by atoms with E-state index in [0.717, 1.165) is 11.1 Å². The average molecular weight is 343 g/mol. The lowest BCUT2D eigenvalue weighted by atomic mass is 10.1. The van der Waals surface area contributed by atoms with Gasteiger partial charge in [-0.15, -0.1) is 0 Å². The van der Waals surface area contributed by atoms with Crippen LogP contribution in [0.3, 0.4) is 0 Å². The van der Waals surface area contributed by atoms with E-state index in [1.54, 1.807) is 22.9 Å². The average Bonchev–Trinajstić information content (AvgIpc) is 2.95. The molecule has 7 heteroatoms. The van der Waals surface area contributed by atoms with Crippen LogP contribution >= 0.6 is 0 Å². The summed E-state index contributed by atoms with van der Waals surface area (Å²) >= 11 is 0. The summed E-state index contributed by atoms with van der Waals surface area (Å²) in [6, 6.07) is 8.87. The van der Waals surface area contributed by atoms with Gasteiger partial charge in [0.1, 0.15) is 0 Å². The Morgan fingerprint density at radius 3 is 2.76 bits per heavy atom. The standard InChI is InChI=1S/C18H21N3O4/c1-11-6-7-12-4-3-5-13(17(12)19-11)18(25)21-8-14(15(22)9-21)20(2)10-16(23)24/h3-7,14-15,22H,8-10H2,1-2H3,(H,23,24)/t14-,15+/m0/s1. The van der Waals surface area contributed by atoms with Gasteiger partial charge in [-0.05, 0) is 26.1 Å². The molecule has 1 fully saturated rings. The number of likely N-dealkylation sites (tertiary alicyclic amines) is 1. The lowest BCUT2D eigenvalue weighted by Crippen LogP contribution is -2.43. The summed E-state index contributed by atoms with van der Waals surface area (Å²) in [7, 11) is 1.64. The monoisotopic (exact) mass is 343 g/mol. The zero-order valence-corrected chi connectivity index (χ0v) is 14.2. The quantitative estimate of drug-likeness (QED) is 0.851. The number of carbonyl (C=O) groups excluding carboxylic acids is 1. The highest BCUT2D eigenvalue weighted by Crippen LogP contribution is 2.22. The third kappa shape index (κ3) is 3.47. The maximum Gasteiger partial charge on any atom is 0.317 e. The number of amides is 1. The molecule has 0 unspecified atom stereocenters. The zero-order chi connectivity index (χ0) is 18.1. The van der Waals surface area contributed by atoms with Crippen LogP contribution < -0.4 is 0 Å². The van der Waals surface area contributed by atoms with Crippen molar-refractivity contribution in [1.29, 1.82) is 0 Å². The van der Waals surface area contributed by atoms with Crippen molar-refractivity contribution < 1.29 is 19.8 Å². The number of benzene rings is 1. The minimum absolute atomic E-state index is 0.176. The second-order valence-electron chi connectivity index (χ2n) is 6.48. The predicted molar refractivity (Wildman–Crippen MR) is 92.4 cm³/mol. The lowest BCUT2D eigenvalue weighted by Gasteiger charge is -2.24. The number of β-amino-alcohol motifs (C(OH)–C–C–N with tert-alkyl or cyclic N) is 1. The molecule has 1 amide bonds. The van der Waals surface area contributed by atoms with Crippen molar-refractivity contribution in [3.8, 4) is 0 Å². The normalized spacial score (nSPS) is 20.4. The van der Waals surface area contributed by atoms with Gasteiger partial charge < -0.3 is 15.1 Å². The Balaban J connectivity index is 1.85. The number of aliphatic carboxylic acids is 1. The van der Waals surface area contributed by atoms with E-state index in [2.05, 4.69) is 4.98 Å². The second kappa shape index (κ2) is 6.78. The van der Waals surface area contributed by atoms with Crippen LogP contribution in [0.15, 0.2) is 30.3 Å². The van der Waals surface area contributed by atoms with Crippen LogP contribution in [-0.2, 0) is 4.79 Å². The first-order valence-electron chi connectivity index (χ1n) is 8.12. The first-order chi connectivity index (χ1) is 11.9. The number of aliphatic hydroxyl groups excluding tert-OH is 1. The number of fused-ring (bicyclic) bond motifs is 1. The van der Waals surface area contributed by atoms with Crippen molar-refractivity contribution in [2.75, 3.05) is 26.7 Å². The number of carboxylic acid groups (broad SMARTS) is 1. The van der Waals surface area contributed by atoms with Crippen molar-refractivity contribution in [2.45, 2.75) is 19.1 Å². The molecule has 25 heavy (non-hydrogen) atoms. The van der Waals surface area contributed by atoms with Gasteiger partial charge in [0, 0.05) is 24.2 Å². The summed E-state index contributed by atoms with van der Waals surface area (Å²) in [6.07, 6.45) is -0.780. The number of likely N-dealkylation sites (N-methyl/N-ethyl adjacent to an activating group) is 1. The Morgan fingerprint density at radius 2 is 2.04 bits per heavy atom. The molecule has 3 rings (SSSR count). The Bertz CT molecular complexity index is 823. The number of aromatic nitrogens is 1. The SMILES string of the molecule is Cc1ccc2cccc(C(=O)N3C[C@@H](O)[C@@H](N(C)CC(=O)O)C3)c2n1. The number of rotatable bonds is 4. The molecule has 2 heterocycles. The number of aliphatic hydroxyl groups is 1. The Morgan fingerprint density at radius 1 is 1.28 bits per heavy atom. The number of carbonyl (C=O) groups is 2. The maximum atomic E-state index is 12.9. The van der Waals surface area contributed by atoms with Gasteiger partial charge in [-0.1, -0.05) is 18.2 Å². The Labute approximate surface area is 145 Å². The Hall–Kier alpha value is -2.51. The minimum atomic E-state index is -0.965. The molecular weight excluding hydrogens is 322 g/mol. The highest BCUT2D eigenvalue weighted by Gasteiger charge is 2.37. The largest absolute Gasteiger partial charge is 0.480 e. The molecule has 0 bridgehead atoms. The zero-order valence-electron chi connectivity index (χ0n) is 14.2. The fourth-order valence-corrected chi connectivity index (χ4v) is 3.29. The van der Waals surface area contributed by atoms with Crippen molar-refractivity contribution in [3.05, 3.63) is 41.6 Å². The first-order valence-corrected chi connectivity index (χ1v) is 8.12. The van der Waals surface area contributed by atoms with E-state index in [4.69, 9.17) is 5.11 Å². The van der Waals surface area contributed by atoms with Gasteiger partial charge in [-0.2, -0.15) is 0 Å². The number of pyridine rings is 1. The van der Waals surface area contributed by atoms with Crippen molar-refractivity contribution >= 4 is 22.8 Å². The van der Waals surface area contributed by atoms with Gasteiger partial charge in [0.15, 0.2) is 0 Å². The topological polar surface area (TPSA) is 94.0 Å². The van der Waals surface area contributed by atoms with Crippen molar-refractivity contribution in [3.63, 3.8) is 0 Å². The highest BCUT2D eigenvalue weighted by atomic mass is 16.4. The van der Waals surface area contributed by atoms with Gasteiger partial charge in [0.05, 0.1) is 29.8 Å². The summed E-state index contributed by atoms with van der Waals surface area (Å²) < 4.78 is 0. The third-order valence-electron chi connectivity index (χ3n) is 4.59. The lowest BCUT2D eigenvalue weighted by molar-refractivity contribution is -0.138. The minimum Gasteiger partial charge on any atom is -0.480 e. The van der Waals surface area contributed by atoms with E-state index in [1.165, 1.54) is 0 Å². The molecule has 0 saturated carbocycles. The molecule has 0 aliphatic carbocycles. The van der Waals surface area contributed by atoms with E-state index in [0.29, 0.717) is 11.1 Å². The third-order valence-corrected chi connectivity index (χ3v) is 4.59. The van der Waals surface area contributed by atoms with Crippen LogP contribution in [0.1, 0.15) is 16.1 Å². The molecule has 0 radical (unpaired) electrons. The van der Waals surface area contributed by atoms with Crippen molar-refractivity contribution in [2.24, 2.45) is 0 Å². The van der Waals surface area contributed by atoms with E-state index in [9.17, 15) is 14.7 Å². The summed E-state index contributed by atoms with van der Waals surface area (Å²) in [5, 5.41) is 20.1. The summed E-state index contributed by atoms with van der Waals surface area (Å²) in [4.78, 5) is 31.4. The van der Waals surface area contributed by atoms with E-state index >= 15 is 0 Å². The van der Waals surface area contributed by atoms with Crippen LogP contribution in [0.25, 0.3) is 10.9 Å². The summed E-state index contributed by atoms with van der Waals surface area (Å²) in [5.74, 6) is -1.16. The number of para-hydroxylation sites is 1. The van der Waals surface area contributed by atoms with Crippen LogP contribution in [0.5, 0.6) is 0 Å². The number of hydrogen-bond donors (Lipinski definition) is 2. The molecule has 1 aromatic carbocycles. The van der Waals surface area contributed by atoms with Gasteiger partial charge in [0.2, 0.25) is 0 Å². The van der Waals surface area contributed by atoms with Crippen LogP contribution in [0.4, 0.5) is 0 Å². The van der Waals surface area contributed by atoms with Crippen molar-refractivity contribution in [1.82, 2.24) is 14.8 Å². The molecule has 132 valence electrons. The highest BCUT2D eigenvalue weighted by molar-refractivity contribution is 6.05. The smallest absolute Gasteiger partial charge is 0.317 e.